The second-order valence-electron chi connectivity index (χ2n) is 6.54. The predicted octanol–water partition coefficient (Wildman–Crippen LogP) is 2.98. The molecule has 3 rings (SSSR count). The zero-order valence-electron chi connectivity index (χ0n) is 13.4. The number of thiazole rings is 1. The van der Waals surface area contributed by atoms with Gasteiger partial charge in [-0.25, -0.2) is 4.98 Å². The lowest BCUT2D eigenvalue weighted by Crippen LogP contribution is -2.62. The highest BCUT2D eigenvalue weighted by Gasteiger charge is 2.44. The zero-order valence-corrected chi connectivity index (χ0v) is 14.2. The van der Waals surface area contributed by atoms with Crippen molar-refractivity contribution in [3.8, 4) is 0 Å². The first-order chi connectivity index (χ1) is 10.6. The number of likely N-dealkylation sites (tertiary alicyclic amines) is 2. The molecule has 1 aromatic rings. The fourth-order valence-electron chi connectivity index (χ4n) is 4.00. The Balaban J connectivity index is 1.74. The van der Waals surface area contributed by atoms with Crippen LogP contribution in [0.3, 0.4) is 0 Å². The van der Waals surface area contributed by atoms with Gasteiger partial charge in [-0.2, -0.15) is 0 Å². The summed E-state index contributed by atoms with van der Waals surface area (Å²) >= 11 is 1.71. The molecule has 1 spiro atoms. The van der Waals surface area contributed by atoms with E-state index in [1.54, 1.807) is 11.3 Å². The van der Waals surface area contributed by atoms with Crippen LogP contribution in [-0.2, 0) is 11.3 Å². The van der Waals surface area contributed by atoms with E-state index in [0.29, 0.717) is 18.9 Å². The van der Waals surface area contributed by atoms with Crippen molar-refractivity contribution < 1.29 is 4.79 Å². The third-order valence-corrected chi connectivity index (χ3v) is 5.73. The summed E-state index contributed by atoms with van der Waals surface area (Å²) in [6, 6.07) is 0. The van der Waals surface area contributed by atoms with Gasteiger partial charge in [0.25, 0.3) is 0 Å². The van der Waals surface area contributed by atoms with E-state index in [1.807, 2.05) is 6.08 Å². The molecule has 0 aromatic carbocycles. The molecule has 2 aliphatic rings. The molecular weight excluding hydrogens is 294 g/mol. The maximum Gasteiger partial charge on any atom is 0.223 e. The molecule has 0 saturated carbocycles. The van der Waals surface area contributed by atoms with Crippen LogP contribution in [-0.4, -0.2) is 45.9 Å². The van der Waals surface area contributed by atoms with Crippen molar-refractivity contribution in [3.63, 3.8) is 0 Å². The van der Waals surface area contributed by atoms with Gasteiger partial charge in [0.15, 0.2) is 0 Å². The molecule has 4 nitrogen and oxygen atoms in total. The Labute approximate surface area is 136 Å². The Hall–Kier alpha value is -1.20. The number of rotatable bonds is 4. The number of aromatic nitrogens is 1. The minimum absolute atomic E-state index is 0.0207. The van der Waals surface area contributed by atoms with E-state index < -0.39 is 0 Å². The van der Waals surface area contributed by atoms with Gasteiger partial charge in [-0.3, -0.25) is 9.69 Å². The van der Waals surface area contributed by atoms with Gasteiger partial charge < -0.3 is 4.90 Å². The summed E-state index contributed by atoms with van der Waals surface area (Å²) in [7, 11) is 0. The summed E-state index contributed by atoms with van der Waals surface area (Å²) in [5.74, 6) is 0.303. The molecule has 0 unspecified atom stereocenters. The summed E-state index contributed by atoms with van der Waals surface area (Å²) < 4.78 is 0. The Kier molecular flexibility index (Phi) is 4.64. The lowest BCUT2D eigenvalue weighted by molar-refractivity contribution is -0.144. The van der Waals surface area contributed by atoms with Gasteiger partial charge in [0, 0.05) is 31.4 Å². The van der Waals surface area contributed by atoms with Crippen molar-refractivity contribution in [2.45, 2.75) is 51.1 Å². The SMILES string of the molecule is C=CCN1C(=O)CCC[C@@]12CCCN(Cc1csc(C)n1)C2. The van der Waals surface area contributed by atoms with E-state index in [0.717, 1.165) is 56.0 Å². The van der Waals surface area contributed by atoms with Crippen LogP contribution in [0.5, 0.6) is 0 Å². The fourth-order valence-corrected chi connectivity index (χ4v) is 4.61. The molecule has 0 N–H and O–H groups in total. The molecule has 2 saturated heterocycles. The highest BCUT2D eigenvalue weighted by atomic mass is 32.1. The number of carbonyl (C=O) groups is 1. The van der Waals surface area contributed by atoms with Crippen LogP contribution in [0.2, 0.25) is 0 Å². The Morgan fingerprint density at radius 2 is 2.27 bits per heavy atom. The molecule has 1 aromatic heterocycles. The zero-order chi connectivity index (χ0) is 15.6. The molecule has 2 aliphatic heterocycles. The van der Waals surface area contributed by atoms with Crippen molar-refractivity contribution >= 4 is 17.2 Å². The number of carbonyl (C=O) groups excluding carboxylic acids is 1. The first-order valence-corrected chi connectivity index (χ1v) is 9.06. The van der Waals surface area contributed by atoms with E-state index in [9.17, 15) is 4.79 Å². The third-order valence-electron chi connectivity index (χ3n) is 4.90. The largest absolute Gasteiger partial charge is 0.332 e. The van der Waals surface area contributed by atoms with Gasteiger partial charge in [-0.05, 0) is 39.2 Å². The molecule has 0 radical (unpaired) electrons. The maximum atomic E-state index is 12.4. The Morgan fingerprint density at radius 1 is 1.45 bits per heavy atom. The highest BCUT2D eigenvalue weighted by molar-refractivity contribution is 7.09. The van der Waals surface area contributed by atoms with Crippen LogP contribution < -0.4 is 0 Å². The standard InChI is InChI=1S/C17H25N3OS/c1-3-9-20-16(21)6-4-7-17(20)8-5-10-19(13-17)11-15-12-22-14(2)18-15/h3,12H,1,4-11,13H2,2H3/t17-/m0/s1. The first kappa shape index (κ1) is 15.7. The Bertz CT molecular complexity index is 552. The van der Waals surface area contributed by atoms with Gasteiger partial charge in [-0.15, -0.1) is 17.9 Å². The van der Waals surface area contributed by atoms with Crippen molar-refractivity contribution in [2.24, 2.45) is 0 Å². The number of piperidine rings is 2. The topological polar surface area (TPSA) is 36.4 Å². The number of aryl methyl sites for hydroxylation is 1. The lowest BCUT2D eigenvalue weighted by atomic mass is 9.79. The summed E-state index contributed by atoms with van der Waals surface area (Å²) in [4.78, 5) is 21.5. The minimum Gasteiger partial charge on any atom is -0.332 e. The molecule has 0 aliphatic carbocycles. The third kappa shape index (κ3) is 3.10. The summed E-state index contributed by atoms with van der Waals surface area (Å²) in [6.45, 7) is 9.56. The predicted molar refractivity (Wildman–Crippen MR) is 89.9 cm³/mol. The fraction of sp³-hybridized carbons (Fsp3) is 0.647. The number of nitrogens with zero attached hydrogens (tertiary/aromatic N) is 3. The summed E-state index contributed by atoms with van der Waals surface area (Å²) in [5, 5.41) is 3.28. The molecule has 3 heterocycles. The van der Waals surface area contributed by atoms with Gasteiger partial charge in [0.2, 0.25) is 5.91 Å². The van der Waals surface area contributed by atoms with Gasteiger partial charge in [-0.1, -0.05) is 6.08 Å². The highest BCUT2D eigenvalue weighted by Crippen LogP contribution is 2.37. The second kappa shape index (κ2) is 6.50. The van der Waals surface area contributed by atoms with E-state index in [4.69, 9.17) is 0 Å². The van der Waals surface area contributed by atoms with Gasteiger partial charge in [0.1, 0.15) is 0 Å². The number of amides is 1. The minimum atomic E-state index is 0.0207. The van der Waals surface area contributed by atoms with Gasteiger partial charge in [0.05, 0.1) is 16.2 Å². The maximum absolute atomic E-state index is 12.4. The summed E-state index contributed by atoms with van der Waals surface area (Å²) in [5.41, 5.74) is 1.18. The Morgan fingerprint density at radius 3 is 3.00 bits per heavy atom. The van der Waals surface area contributed by atoms with Crippen LogP contribution in [0.4, 0.5) is 0 Å². The van der Waals surface area contributed by atoms with Crippen LogP contribution in [0.1, 0.15) is 42.8 Å². The monoisotopic (exact) mass is 319 g/mol. The van der Waals surface area contributed by atoms with Crippen LogP contribution >= 0.6 is 11.3 Å². The molecule has 1 atom stereocenters. The van der Waals surface area contributed by atoms with Crippen LogP contribution in [0.15, 0.2) is 18.0 Å². The molecule has 0 bridgehead atoms. The van der Waals surface area contributed by atoms with Gasteiger partial charge >= 0.3 is 0 Å². The van der Waals surface area contributed by atoms with E-state index in [-0.39, 0.29) is 5.54 Å². The quantitative estimate of drug-likeness (QED) is 0.801. The number of hydrogen-bond acceptors (Lipinski definition) is 4. The van der Waals surface area contributed by atoms with Crippen molar-refractivity contribution in [2.75, 3.05) is 19.6 Å². The van der Waals surface area contributed by atoms with Crippen LogP contribution in [0.25, 0.3) is 0 Å². The molecule has 120 valence electrons. The van der Waals surface area contributed by atoms with Crippen molar-refractivity contribution in [1.29, 1.82) is 0 Å². The van der Waals surface area contributed by atoms with E-state index in [2.05, 4.69) is 33.7 Å². The summed E-state index contributed by atoms with van der Waals surface area (Å²) in [6.07, 6.45) is 6.99. The second-order valence-corrected chi connectivity index (χ2v) is 7.61. The smallest absolute Gasteiger partial charge is 0.223 e. The van der Waals surface area contributed by atoms with Crippen molar-refractivity contribution in [3.05, 3.63) is 28.7 Å². The van der Waals surface area contributed by atoms with E-state index in [1.165, 1.54) is 0 Å². The first-order valence-electron chi connectivity index (χ1n) is 8.18. The normalized spacial score (nSPS) is 26.6. The van der Waals surface area contributed by atoms with Crippen molar-refractivity contribution in [1.82, 2.24) is 14.8 Å². The average Bonchev–Trinajstić information content (AvgIpc) is 2.89. The molecule has 1 amide bonds. The van der Waals surface area contributed by atoms with E-state index >= 15 is 0 Å². The number of hydrogen-bond donors (Lipinski definition) is 0. The lowest BCUT2D eigenvalue weighted by Gasteiger charge is -2.52. The molecular formula is C17H25N3OS. The molecule has 2 fully saturated rings. The van der Waals surface area contributed by atoms with Crippen LogP contribution in [0, 0.1) is 6.92 Å². The average molecular weight is 319 g/mol. The molecule has 22 heavy (non-hydrogen) atoms. The molecule has 5 heteroatoms.